The maximum absolute atomic E-state index is 10.9. The number of ketones is 1. The number of hydrogen-bond acceptors (Lipinski definition) is 3. The molecule has 1 aliphatic heterocycles. The number of nitrogens with zero attached hydrogens (tertiary/aromatic N) is 2. The SMILES string of the molecule is Cl.O=C1C=CC=C2N=CN=C12. The van der Waals surface area contributed by atoms with Crippen molar-refractivity contribution in [2.45, 2.75) is 0 Å². The molecule has 3 nitrogen and oxygen atoms in total. The van der Waals surface area contributed by atoms with Gasteiger partial charge in [-0.25, -0.2) is 9.98 Å². The topological polar surface area (TPSA) is 41.8 Å². The monoisotopic (exact) mass is 168 g/mol. The average Bonchev–Trinajstić information content (AvgIpc) is 2.36. The summed E-state index contributed by atoms with van der Waals surface area (Å²) in [5, 5.41) is 0. The van der Waals surface area contributed by atoms with Gasteiger partial charge in [-0.3, -0.25) is 4.79 Å². The van der Waals surface area contributed by atoms with Crippen molar-refractivity contribution in [2.75, 3.05) is 0 Å². The van der Waals surface area contributed by atoms with E-state index < -0.39 is 0 Å². The first-order valence-electron chi connectivity index (χ1n) is 2.91. The first-order valence-corrected chi connectivity index (χ1v) is 2.91. The van der Waals surface area contributed by atoms with Crippen LogP contribution in [0.5, 0.6) is 0 Å². The molecule has 0 atom stereocenters. The van der Waals surface area contributed by atoms with Gasteiger partial charge >= 0.3 is 0 Å². The third-order valence-corrected chi connectivity index (χ3v) is 1.36. The number of halogens is 1. The summed E-state index contributed by atoms with van der Waals surface area (Å²) in [5.41, 5.74) is 1.13. The first kappa shape index (κ1) is 7.88. The molecule has 1 aliphatic carbocycles. The Morgan fingerprint density at radius 3 is 2.91 bits per heavy atom. The molecule has 0 saturated heterocycles. The maximum atomic E-state index is 10.9. The van der Waals surface area contributed by atoms with Gasteiger partial charge in [0.2, 0.25) is 5.78 Å². The smallest absolute Gasteiger partial charge is 0.206 e. The van der Waals surface area contributed by atoms with Crippen LogP contribution in [0.15, 0.2) is 33.9 Å². The second-order valence-corrected chi connectivity index (χ2v) is 2.00. The van der Waals surface area contributed by atoms with Crippen molar-refractivity contribution in [2.24, 2.45) is 9.98 Å². The number of fused-ring (bicyclic) bond motifs is 1. The molecule has 0 N–H and O–H groups in total. The molecule has 0 spiro atoms. The Balaban J connectivity index is 0.000000605. The highest BCUT2D eigenvalue weighted by Gasteiger charge is 2.18. The standard InChI is InChI=1S/C7H4N2O.ClH/c10-6-3-1-2-5-7(6)9-4-8-5;/h1-4H;1H. The predicted octanol–water partition coefficient (Wildman–Crippen LogP) is 0.914. The number of carbonyl (C=O) groups excluding carboxylic acids is 1. The summed E-state index contributed by atoms with van der Waals surface area (Å²) in [4.78, 5) is 18.6. The highest BCUT2D eigenvalue weighted by Crippen LogP contribution is 2.11. The molecule has 0 amide bonds. The fourth-order valence-electron chi connectivity index (χ4n) is 0.893. The van der Waals surface area contributed by atoms with Crippen molar-refractivity contribution < 1.29 is 4.79 Å². The molecule has 0 radical (unpaired) electrons. The van der Waals surface area contributed by atoms with E-state index >= 15 is 0 Å². The van der Waals surface area contributed by atoms with Crippen LogP contribution in [0.1, 0.15) is 0 Å². The Labute approximate surface area is 69.6 Å². The summed E-state index contributed by atoms with van der Waals surface area (Å²) in [6.07, 6.45) is 6.33. The largest absolute Gasteiger partial charge is 0.287 e. The minimum atomic E-state index is -0.0602. The Hall–Kier alpha value is -1.22. The van der Waals surface area contributed by atoms with Gasteiger partial charge in [-0.2, -0.15) is 0 Å². The quantitative estimate of drug-likeness (QED) is 0.496. The van der Waals surface area contributed by atoms with Crippen LogP contribution in [-0.2, 0) is 4.79 Å². The van der Waals surface area contributed by atoms with Gasteiger partial charge in [0, 0.05) is 0 Å². The lowest BCUT2D eigenvalue weighted by Crippen LogP contribution is -2.12. The lowest BCUT2D eigenvalue weighted by molar-refractivity contribution is -0.108. The molecule has 2 rings (SSSR count). The van der Waals surface area contributed by atoms with E-state index in [4.69, 9.17) is 0 Å². The molecule has 0 aromatic rings. The van der Waals surface area contributed by atoms with E-state index in [9.17, 15) is 4.79 Å². The molecule has 2 aliphatic rings. The summed E-state index contributed by atoms with van der Waals surface area (Å²) in [7, 11) is 0. The van der Waals surface area contributed by atoms with E-state index in [0.717, 1.165) is 0 Å². The zero-order valence-corrected chi connectivity index (χ0v) is 6.34. The van der Waals surface area contributed by atoms with Gasteiger partial charge in [-0.05, 0) is 12.2 Å². The molecule has 0 aromatic carbocycles. The van der Waals surface area contributed by atoms with Gasteiger partial charge in [0.15, 0.2) is 0 Å². The Bertz CT molecular complexity index is 306. The van der Waals surface area contributed by atoms with Crippen LogP contribution in [0, 0.1) is 0 Å². The van der Waals surface area contributed by atoms with Crippen molar-refractivity contribution in [3.63, 3.8) is 0 Å². The van der Waals surface area contributed by atoms with Gasteiger partial charge in [0.05, 0.1) is 5.70 Å². The molecule has 0 bridgehead atoms. The molecular formula is C7H5ClN2O. The van der Waals surface area contributed by atoms with E-state index in [1.807, 2.05) is 0 Å². The summed E-state index contributed by atoms with van der Waals surface area (Å²) in [6, 6.07) is 0. The second-order valence-electron chi connectivity index (χ2n) is 2.00. The zero-order chi connectivity index (χ0) is 6.97. The van der Waals surface area contributed by atoms with Crippen molar-refractivity contribution in [1.82, 2.24) is 0 Å². The third-order valence-electron chi connectivity index (χ3n) is 1.36. The second kappa shape index (κ2) is 2.80. The normalized spacial score (nSPS) is 18.7. The molecule has 0 aromatic heterocycles. The Morgan fingerprint density at radius 1 is 1.36 bits per heavy atom. The van der Waals surface area contributed by atoms with Crippen LogP contribution in [0.25, 0.3) is 0 Å². The average molecular weight is 169 g/mol. The molecule has 1 heterocycles. The lowest BCUT2D eigenvalue weighted by Gasteiger charge is -1.98. The van der Waals surface area contributed by atoms with Gasteiger partial charge in [-0.15, -0.1) is 12.4 Å². The summed E-state index contributed by atoms with van der Waals surface area (Å²) >= 11 is 0. The van der Waals surface area contributed by atoms with Crippen molar-refractivity contribution in [3.05, 3.63) is 23.9 Å². The van der Waals surface area contributed by atoms with Crippen LogP contribution >= 0.6 is 12.4 Å². The molecular weight excluding hydrogens is 164 g/mol. The van der Waals surface area contributed by atoms with Crippen molar-refractivity contribution in [1.29, 1.82) is 0 Å². The fraction of sp³-hybridized carbons (Fsp3) is 0. The lowest BCUT2D eigenvalue weighted by atomic mass is 10.1. The highest BCUT2D eigenvalue weighted by atomic mass is 35.5. The minimum Gasteiger partial charge on any atom is -0.287 e. The van der Waals surface area contributed by atoms with E-state index in [-0.39, 0.29) is 18.2 Å². The Morgan fingerprint density at radius 2 is 2.18 bits per heavy atom. The molecule has 11 heavy (non-hydrogen) atoms. The zero-order valence-electron chi connectivity index (χ0n) is 5.52. The van der Waals surface area contributed by atoms with Gasteiger partial charge in [0.25, 0.3) is 0 Å². The summed E-state index contributed by atoms with van der Waals surface area (Å²) < 4.78 is 0. The number of allylic oxidation sites excluding steroid dienone is 4. The first-order chi connectivity index (χ1) is 4.88. The summed E-state index contributed by atoms with van der Waals surface area (Å²) in [6.45, 7) is 0. The van der Waals surface area contributed by atoms with Gasteiger partial charge < -0.3 is 0 Å². The Kier molecular flexibility index (Phi) is 2.01. The molecule has 4 heteroatoms. The maximum Gasteiger partial charge on any atom is 0.206 e. The van der Waals surface area contributed by atoms with Crippen molar-refractivity contribution in [3.8, 4) is 0 Å². The summed E-state index contributed by atoms with van der Waals surface area (Å²) in [5.74, 6) is -0.0602. The van der Waals surface area contributed by atoms with Gasteiger partial charge in [0.1, 0.15) is 12.1 Å². The van der Waals surface area contributed by atoms with Crippen molar-refractivity contribution >= 4 is 30.2 Å². The van der Waals surface area contributed by atoms with Gasteiger partial charge in [-0.1, -0.05) is 6.08 Å². The number of aliphatic imine (C=N–C) groups is 2. The van der Waals surface area contributed by atoms with E-state index in [1.54, 1.807) is 12.2 Å². The van der Waals surface area contributed by atoms with E-state index in [1.165, 1.54) is 12.4 Å². The van der Waals surface area contributed by atoms with Crippen LogP contribution in [0.2, 0.25) is 0 Å². The molecule has 0 fully saturated rings. The third kappa shape index (κ3) is 1.14. The predicted molar refractivity (Wildman–Crippen MR) is 45.4 cm³/mol. The van der Waals surface area contributed by atoms with E-state index in [0.29, 0.717) is 11.4 Å². The van der Waals surface area contributed by atoms with E-state index in [2.05, 4.69) is 9.98 Å². The number of hydrogen-bond donors (Lipinski definition) is 0. The van der Waals surface area contributed by atoms with Crippen LogP contribution in [-0.4, -0.2) is 17.8 Å². The minimum absolute atomic E-state index is 0. The van der Waals surface area contributed by atoms with Crippen LogP contribution in [0.3, 0.4) is 0 Å². The molecule has 0 saturated carbocycles. The number of rotatable bonds is 0. The fourth-order valence-corrected chi connectivity index (χ4v) is 0.893. The molecule has 56 valence electrons. The van der Waals surface area contributed by atoms with Crippen LogP contribution < -0.4 is 0 Å². The van der Waals surface area contributed by atoms with Crippen LogP contribution in [0.4, 0.5) is 0 Å². The highest BCUT2D eigenvalue weighted by molar-refractivity contribution is 6.52. The number of carbonyl (C=O) groups is 1. The molecule has 0 unspecified atom stereocenters.